The Labute approximate surface area is 220 Å². The summed E-state index contributed by atoms with van der Waals surface area (Å²) in [5.41, 5.74) is 0.709. The quantitative estimate of drug-likeness (QED) is 0.174. The van der Waals surface area contributed by atoms with Gasteiger partial charge in [-0.25, -0.2) is 4.79 Å². The molecule has 0 atom stereocenters. The van der Waals surface area contributed by atoms with Gasteiger partial charge in [-0.3, -0.25) is 4.79 Å². The minimum Gasteiger partial charge on any atom is -0.478 e. The maximum atomic E-state index is 12.0. The summed E-state index contributed by atoms with van der Waals surface area (Å²) < 4.78 is 0. The Bertz CT molecular complexity index is 575. The number of carbonyl (C=O) groups excluding carboxylic acids is 1. The van der Waals surface area contributed by atoms with Crippen LogP contribution in [0.3, 0.4) is 0 Å². The van der Waals surface area contributed by atoms with Crippen molar-refractivity contribution in [1.82, 2.24) is 5.32 Å². The molecule has 0 heterocycles. The molecule has 0 aliphatic rings. The Balaban J connectivity index is 0.00000900. The summed E-state index contributed by atoms with van der Waals surface area (Å²) in [6.45, 7) is 2.95. The smallest absolute Gasteiger partial charge is 0.335 e. The number of benzene rings is 1. The molecule has 0 unspecified atom stereocenters. The second-order valence-electron chi connectivity index (χ2n) is 8.44. The summed E-state index contributed by atoms with van der Waals surface area (Å²) in [6, 6.07) is 6.05. The molecule has 1 amide bonds. The SMILES string of the molecule is CCCCCCCCCCCCCCCCCCNC(=O)c1ccc(C(=O)O)cc1.[Ca]. The van der Waals surface area contributed by atoms with E-state index in [4.69, 9.17) is 5.11 Å². The summed E-state index contributed by atoms with van der Waals surface area (Å²) in [6.07, 6.45) is 21.4. The molecule has 0 fully saturated rings. The molecule has 1 rings (SSSR count). The third-order valence-corrected chi connectivity index (χ3v) is 5.71. The van der Waals surface area contributed by atoms with Gasteiger partial charge in [-0.2, -0.15) is 0 Å². The summed E-state index contributed by atoms with van der Waals surface area (Å²) >= 11 is 0. The van der Waals surface area contributed by atoms with Crippen LogP contribution in [0.5, 0.6) is 0 Å². The summed E-state index contributed by atoms with van der Waals surface area (Å²) in [5.74, 6) is -1.11. The molecular formula is C26H43CaNO3. The van der Waals surface area contributed by atoms with Crippen LogP contribution >= 0.6 is 0 Å². The average molecular weight is 458 g/mol. The van der Waals surface area contributed by atoms with Crippen LogP contribution in [0.15, 0.2) is 24.3 Å². The molecule has 0 saturated carbocycles. The van der Waals surface area contributed by atoms with Crippen molar-refractivity contribution >= 4 is 49.6 Å². The standard InChI is InChI=1S/C26H43NO3.Ca/c1-2-3-4-5-6-7-8-9-10-11-12-13-14-15-16-17-22-27-25(28)23-18-20-24(21-19-23)26(29)30;/h18-21H,2-17,22H2,1H3,(H,27,28)(H,29,30);. The zero-order valence-electron chi connectivity index (χ0n) is 19.8. The second-order valence-corrected chi connectivity index (χ2v) is 8.44. The zero-order valence-corrected chi connectivity index (χ0v) is 22.0. The van der Waals surface area contributed by atoms with Crippen LogP contribution in [0, 0.1) is 0 Å². The molecule has 0 bridgehead atoms. The van der Waals surface area contributed by atoms with Gasteiger partial charge in [0.25, 0.3) is 5.91 Å². The van der Waals surface area contributed by atoms with E-state index in [1.165, 1.54) is 102 Å². The van der Waals surface area contributed by atoms with Crippen molar-refractivity contribution in [2.24, 2.45) is 0 Å². The van der Waals surface area contributed by atoms with Gasteiger partial charge in [0.15, 0.2) is 0 Å². The van der Waals surface area contributed by atoms with Gasteiger partial charge in [0.05, 0.1) is 5.56 Å². The Kier molecular flexibility index (Phi) is 20.9. The molecule has 31 heavy (non-hydrogen) atoms. The molecule has 4 nitrogen and oxygen atoms in total. The summed E-state index contributed by atoms with van der Waals surface area (Å²) in [5, 5.41) is 11.8. The van der Waals surface area contributed by atoms with Crippen LogP contribution in [0.2, 0.25) is 0 Å². The number of hydrogen-bond donors (Lipinski definition) is 2. The van der Waals surface area contributed by atoms with Gasteiger partial charge < -0.3 is 10.4 Å². The molecule has 2 N–H and O–H groups in total. The van der Waals surface area contributed by atoms with E-state index in [0.717, 1.165) is 12.8 Å². The van der Waals surface area contributed by atoms with E-state index in [2.05, 4.69) is 12.2 Å². The Morgan fingerprint density at radius 1 is 0.645 bits per heavy atom. The molecular weight excluding hydrogens is 414 g/mol. The van der Waals surface area contributed by atoms with Crippen molar-refractivity contribution in [2.45, 2.75) is 110 Å². The molecule has 0 aliphatic heterocycles. The van der Waals surface area contributed by atoms with E-state index in [1.54, 1.807) is 12.1 Å². The van der Waals surface area contributed by atoms with E-state index in [1.807, 2.05) is 0 Å². The fourth-order valence-electron chi connectivity index (χ4n) is 3.74. The van der Waals surface area contributed by atoms with Crippen molar-refractivity contribution in [1.29, 1.82) is 0 Å². The second kappa shape index (κ2) is 21.3. The normalized spacial score (nSPS) is 10.5. The molecule has 0 aliphatic carbocycles. The van der Waals surface area contributed by atoms with Gasteiger partial charge in [-0.1, -0.05) is 103 Å². The monoisotopic (exact) mass is 457 g/mol. The van der Waals surface area contributed by atoms with Crippen molar-refractivity contribution < 1.29 is 14.7 Å². The van der Waals surface area contributed by atoms with Crippen LogP contribution in [0.4, 0.5) is 0 Å². The first-order valence-corrected chi connectivity index (χ1v) is 12.3. The van der Waals surface area contributed by atoms with Gasteiger partial charge in [-0.15, -0.1) is 0 Å². The minimum absolute atomic E-state index is 0. The minimum atomic E-state index is -0.977. The third kappa shape index (κ3) is 16.7. The van der Waals surface area contributed by atoms with Gasteiger partial charge >= 0.3 is 5.97 Å². The van der Waals surface area contributed by atoms with E-state index in [9.17, 15) is 9.59 Å². The average Bonchev–Trinajstić information content (AvgIpc) is 2.75. The number of unbranched alkanes of at least 4 members (excludes halogenated alkanes) is 15. The predicted octanol–water partition coefficient (Wildman–Crippen LogP) is 7.00. The fraction of sp³-hybridized carbons (Fsp3) is 0.692. The molecule has 0 aromatic heterocycles. The number of carboxylic acids is 1. The molecule has 0 saturated heterocycles. The molecule has 5 heteroatoms. The molecule has 1 aromatic rings. The molecule has 2 radical (unpaired) electrons. The van der Waals surface area contributed by atoms with Crippen LogP contribution in [0.1, 0.15) is 130 Å². The van der Waals surface area contributed by atoms with Crippen molar-refractivity contribution in [3.05, 3.63) is 35.4 Å². The predicted molar refractivity (Wildman–Crippen MR) is 131 cm³/mol. The molecule has 172 valence electrons. The maximum Gasteiger partial charge on any atom is 0.335 e. The number of carboxylic acid groups (broad SMARTS) is 1. The number of aromatic carboxylic acids is 1. The van der Waals surface area contributed by atoms with E-state index < -0.39 is 5.97 Å². The Hall–Kier alpha value is -0.580. The van der Waals surface area contributed by atoms with Gasteiger partial charge in [0, 0.05) is 49.8 Å². The Morgan fingerprint density at radius 2 is 1.00 bits per heavy atom. The number of carbonyl (C=O) groups is 2. The first kappa shape index (κ1) is 30.4. The number of rotatable bonds is 19. The first-order chi connectivity index (χ1) is 14.6. The number of amides is 1. The fourth-order valence-corrected chi connectivity index (χ4v) is 3.74. The third-order valence-electron chi connectivity index (χ3n) is 5.71. The van der Waals surface area contributed by atoms with Crippen LogP contribution in [-0.2, 0) is 0 Å². The van der Waals surface area contributed by atoms with Crippen molar-refractivity contribution in [3.63, 3.8) is 0 Å². The summed E-state index contributed by atoms with van der Waals surface area (Å²) in [4.78, 5) is 22.9. The van der Waals surface area contributed by atoms with Gasteiger partial charge in [0.1, 0.15) is 0 Å². The van der Waals surface area contributed by atoms with Crippen LogP contribution in [0.25, 0.3) is 0 Å². The van der Waals surface area contributed by atoms with Crippen LogP contribution < -0.4 is 5.32 Å². The van der Waals surface area contributed by atoms with Crippen LogP contribution in [-0.4, -0.2) is 61.3 Å². The van der Waals surface area contributed by atoms with E-state index >= 15 is 0 Å². The van der Waals surface area contributed by atoms with Crippen molar-refractivity contribution in [3.8, 4) is 0 Å². The summed E-state index contributed by atoms with van der Waals surface area (Å²) in [7, 11) is 0. The van der Waals surface area contributed by atoms with Crippen molar-refractivity contribution in [2.75, 3.05) is 6.54 Å². The molecule has 0 spiro atoms. The number of nitrogens with one attached hydrogen (secondary N) is 1. The van der Waals surface area contributed by atoms with Gasteiger partial charge in [-0.05, 0) is 30.7 Å². The van der Waals surface area contributed by atoms with Gasteiger partial charge in [0.2, 0.25) is 0 Å². The Morgan fingerprint density at radius 3 is 1.39 bits per heavy atom. The van der Waals surface area contributed by atoms with E-state index in [-0.39, 0.29) is 49.2 Å². The number of hydrogen-bond acceptors (Lipinski definition) is 2. The first-order valence-electron chi connectivity index (χ1n) is 12.3. The zero-order chi connectivity index (χ0) is 21.9. The van der Waals surface area contributed by atoms with E-state index in [0.29, 0.717) is 12.1 Å². The molecule has 1 aromatic carbocycles. The maximum absolute atomic E-state index is 12.0. The largest absolute Gasteiger partial charge is 0.478 e. The topological polar surface area (TPSA) is 66.4 Å².